The molecule has 44 heavy (non-hydrogen) atoms. The molecule has 226 valence electrons. The van der Waals surface area contributed by atoms with Crippen molar-refractivity contribution < 1.29 is 18.7 Å². The molecule has 9 heteroatoms. The molecule has 8 nitrogen and oxygen atoms in total. The van der Waals surface area contributed by atoms with Gasteiger partial charge in [0, 0.05) is 48.7 Å². The Labute approximate surface area is 255 Å². The van der Waals surface area contributed by atoms with Gasteiger partial charge in [-0.3, -0.25) is 4.79 Å². The molecule has 3 aliphatic rings. The minimum absolute atomic E-state index is 0.00889. The summed E-state index contributed by atoms with van der Waals surface area (Å²) in [4.78, 5) is 20.8. The fraction of sp³-hybridized carbons (Fsp3) is 0.371. The SMILES string of the molecule is COc1ccc(-c2ccc3cc(-c4nc5cc(C(=O)N6CC7CCC6C7N)cc(OC)c5n4C)n(CC4CC4)c3c2)cc1F. The van der Waals surface area contributed by atoms with Crippen LogP contribution in [0.5, 0.6) is 11.5 Å². The number of ether oxygens (including phenoxy) is 2. The molecule has 2 saturated carbocycles. The van der Waals surface area contributed by atoms with E-state index in [4.69, 9.17) is 20.2 Å². The van der Waals surface area contributed by atoms with Crippen LogP contribution in [0, 0.1) is 17.7 Å². The van der Waals surface area contributed by atoms with Crippen molar-refractivity contribution in [2.45, 2.75) is 44.3 Å². The molecule has 2 aromatic heterocycles. The molecule has 2 aliphatic carbocycles. The average Bonchev–Trinajstić information content (AvgIpc) is 3.44. The number of halogens is 1. The molecule has 3 heterocycles. The number of imidazole rings is 1. The number of aromatic nitrogens is 3. The van der Waals surface area contributed by atoms with Crippen molar-refractivity contribution >= 4 is 27.8 Å². The quantitative estimate of drug-likeness (QED) is 0.251. The minimum atomic E-state index is -0.384. The summed E-state index contributed by atoms with van der Waals surface area (Å²) in [5, 5.41) is 1.09. The molecule has 5 aromatic rings. The molecule has 1 saturated heterocycles. The summed E-state index contributed by atoms with van der Waals surface area (Å²) in [7, 11) is 5.10. The Morgan fingerprint density at radius 1 is 0.977 bits per heavy atom. The third-order valence-electron chi connectivity index (χ3n) is 10.1. The van der Waals surface area contributed by atoms with E-state index in [0.717, 1.165) is 64.0 Å². The fourth-order valence-corrected chi connectivity index (χ4v) is 7.49. The zero-order valence-electron chi connectivity index (χ0n) is 25.2. The van der Waals surface area contributed by atoms with Crippen LogP contribution in [0.1, 0.15) is 36.0 Å². The number of nitrogens with zero attached hydrogens (tertiary/aromatic N) is 4. The second-order valence-electron chi connectivity index (χ2n) is 12.7. The van der Waals surface area contributed by atoms with E-state index in [-0.39, 0.29) is 29.6 Å². The zero-order valence-corrected chi connectivity index (χ0v) is 25.2. The molecular formula is C35H36FN5O3. The Balaban J connectivity index is 1.23. The Bertz CT molecular complexity index is 1960. The molecule has 1 aliphatic heterocycles. The first kappa shape index (κ1) is 27.2. The number of hydrogen-bond donors (Lipinski definition) is 1. The number of nitrogens with two attached hydrogens (primary N) is 1. The molecule has 1 amide bonds. The lowest BCUT2D eigenvalue weighted by molar-refractivity contribution is 0.0700. The second kappa shape index (κ2) is 10.1. The van der Waals surface area contributed by atoms with Crippen molar-refractivity contribution in [3.05, 3.63) is 66.0 Å². The highest BCUT2D eigenvalue weighted by Crippen LogP contribution is 2.41. The highest BCUT2D eigenvalue weighted by atomic mass is 19.1. The van der Waals surface area contributed by atoms with Gasteiger partial charge in [0.05, 0.1) is 25.4 Å². The second-order valence-corrected chi connectivity index (χ2v) is 12.7. The van der Waals surface area contributed by atoms with Crippen LogP contribution in [0.2, 0.25) is 0 Å². The van der Waals surface area contributed by atoms with Gasteiger partial charge in [-0.25, -0.2) is 9.37 Å². The van der Waals surface area contributed by atoms with E-state index >= 15 is 0 Å². The monoisotopic (exact) mass is 593 g/mol. The largest absolute Gasteiger partial charge is 0.494 e. The summed E-state index contributed by atoms with van der Waals surface area (Å²) < 4.78 is 30.0. The van der Waals surface area contributed by atoms with Crippen molar-refractivity contribution in [1.82, 2.24) is 19.0 Å². The molecule has 3 atom stereocenters. The Hall–Kier alpha value is -4.37. The number of amides is 1. The summed E-state index contributed by atoms with van der Waals surface area (Å²) >= 11 is 0. The van der Waals surface area contributed by atoms with Crippen molar-refractivity contribution in [3.63, 3.8) is 0 Å². The van der Waals surface area contributed by atoms with Crippen molar-refractivity contribution in [1.29, 1.82) is 0 Å². The number of hydrogen-bond acceptors (Lipinski definition) is 5. The van der Waals surface area contributed by atoms with Gasteiger partial charge in [0.2, 0.25) is 0 Å². The van der Waals surface area contributed by atoms with Gasteiger partial charge in [-0.15, -0.1) is 0 Å². The highest BCUT2D eigenvalue weighted by molar-refractivity contribution is 6.00. The van der Waals surface area contributed by atoms with E-state index in [1.54, 1.807) is 13.2 Å². The van der Waals surface area contributed by atoms with Crippen molar-refractivity contribution in [3.8, 4) is 34.1 Å². The Kier molecular flexibility index (Phi) is 6.24. The van der Waals surface area contributed by atoms with Crippen molar-refractivity contribution in [2.24, 2.45) is 24.6 Å². The third kappa shape index (κ3) is 4.20. The summed E-state index contributed by atoms with van der Waals surface area (Å²) in [6.07, 6.45) is 4.46. The number of aryl methyl sites for hydroxylation is 1. The first-order valence-corrected chi connectivity index (χ1v) is 15.4. The molecular weight excluding hydrogens is 557 g/mol. The number of piperidine rings is 1. The minimum Gasteiger partial charge on any atom is -0.494 e. The normalized spacial score (nSPS) is 21.1. The molecule has 2 N–H and O–H groups in total. The predicted octanol–water partition coefficient (Wildman–Crippen LogP) is 5.99. The number of rotatable bonds is 7. The van der Waals surface area contributed by atoms with Gasteiger partial charge in [0.1, 0.15) is 11.3 Å². The van der Waals surface area contributed by atoms with Crippen LogP contribution < -0.4 is 15.2 Å². The molecule has 0 spiro atoms. The van der Waals surface area contributed by atoms with E-state index in [9.17, 15) is 9.18 Å². The maximum atomic E-state index is 14.6. The summed E-state index contributed by atoms with van der Waals surface area (Å²) in [6, 6.07) is 17.4. The van der Waals surface area contributed by atoms with Gasteiger partial charge in [0.15, 0.2) is 17.4 Å². The maximum Gasteiger partial charge on any atom is 0.254 e. The summed E-state index contributed by atoms with van der Waals surface area (Å²) in [5.74, 6) is 2.26. The third-order valence-corrected chi connectivity index (χ3v) is 10.1. The number of methoxy groups -OCH3 is 2. The first-order valence-electron chi connectivity index (χ1n) is 15.4. The van der Waals surface area contributed by atoms with Gasteiger partial charge in [-0.05, 0) is 85.0 Å². The van der Waals surface area contributed by atoms with E-state index in [1.165, 1.54) is 26.0 Å². The van der Waals surface area contributed by atoms with Crippen LogP contribution in [0.15, 0.2) is 54.6 Å². The predicted molar refractivity (Wildman–Crippen MR) is 168 cm³/mol. The molecule has 8 rings (SSSR count). The van der Waals surface area contributed by atoms with Crippen LogP contribution in [-0.4, -0.2) is 57.8 Å². The zero-order chi connectivity index (χ0) is 30.3. The van der Waals surface area contributed by atoms with Crippen LogP contribution in [-0.2, 0) is 13.6 Å². The lowest BCUT2D eigenvalue weighted by Crippen LogP contribution is -2.41. The number of carbonyl (C=O) groups is 1. The van der Waals surface area contributed by atoms with Gasteiger partial charge < -0.3 is 29.2 Å². The smallest absolute Gasteiger partial charge is 0.254 e. The van der Waals surface area contributed by atoms with Crippen molar-refractivity contribution in [2.75, 3.05) is 20.8 Å². The van der Waals surface area contributed by atoms with Gasteiger partial charge in [-0.2, -0.15) is 0 Å². The van der Waals surface area contributed by atoms with E-state index in [2.05, 4.69) is 27.3 Å². The van der Waals surface area contributed by atoms with E-state index < -0.39 is 0 Å². The molecule has 2 bridgehead atoms. The van der Waals surface area contributed by atoms with Crippen LogP contribution in [0.4, 0.5) is 4.39 Å². The maximum absolute atomic E-state index is 14.6. The lowest BCUT2D eigenvalue weighted by Gasteiger charge is -2.27. The Morgan fingerprint density at radius 3 is 2.43 bits per heavy atom. The number of benzene rings is 3. The lowest BCUT2D eigenvalue weighted by atomic mass is 10.0. The van der Waals surface area contributed by atoms with Gasteiger partial charge in [-0.1, -0.05) is 18.2 Å². The van der Waals surface area contributed by atoms with Gasteiger partial charge in [0.25, 0.3) is 5.91 Å². The number of likely N-dealkylation sites (tertiary alicyclic amines) is 1. The topological polar surface area (TPSA) is 87.5 Å². The number of carbonyl (C=O) groups excluding carboxylic acids is 1. The van der Waals surface area contributed by atoms with Gasteiger partial charge >= 0.3 is 0 Å². The molecule has 3 fully saturated rings. The van der Waals surface area contributed by atoms with E-state index in [1.807, 2.05) is 36.2 Å². The first-order chi connectivity index (χ1) is 21.3. The molecule has 3 unspecified atom stereocenters. The molecule has 3 aromatic carbocycles. The average molecular weight is 594 g/mol. The summed E-state index contributed by atoms with van der Waals surface area (Å²) in [5.41, 5.74) is 12.4. The standard InChI is InChI=1S/C35H36FN5O3/c1-39-33-26(13-24(16-31(33)44-3)35(42)41-18-23-8-10-27(41)32(23)37)38-34(39)29-15-22-7-6-21(14-28(22)40(29)17-19-4-5-19)20-9-11-30(43-2)25(36)12-20/h6-7,9,11-16,19,23,27,32H,4-5,8,10,17-18,37H2,1-3H3. The van der Waals surface area contributed by atoms with Crippen LogP contribution in [0.25, 0.3) is 44.6 Å². The molecule has 0 radical (unpaired) electrons. The van der Waals surface area contributed by atoms with Crippen LogP contribution in [0.3, 0.4) is 0 Å². The Morgan fingerprint density at radius 2 is 1.75 bits per heavy atom. The number of fused-ring (bicyclic) bond motifs is 4. The highest BCUT2D eigenvalue weighted by Gasteiger charge is 2.47. The fourth-order valence-electron chi connectivity index (χ4n) is 7.49. The van der Waals surface area contributed by atoms with E-state index in [0.29, 0.717) is 29.7 Å². The summed E-state index contributed by atoms with van der Waals surface area (Å²) in [6.45, 7) is 1.59. The van der Waals surface area contributed by atoms with Crippen LogP contribution >= 0.6 is 0 Å².